The number of ether oxygens (including phenoxy) is 1. The van der Waals surface area contributed by atoms with Crippen molar-refractivity contribution in [2.24, 2.45) is 0 Å². The van der Waals surface area contributed by atoms with Gasteiger partial charge in [0.2, 0.25) is 5.95 Å². The van der Waals surface area contributed by atoms with Gasteiger partial charge < -0.3 is 20.5 Å². The van der Waals surface area contributed by atoms with Crippen molar-refractivity contribution in [2.45, 2.75) is 69.4 Å². The van der Waals surface area contributed by atoms with Crippen LogP contribution in [-0.4, -0.2) is 78.6 Å². The summed E-state index contributed by atoms with van der Waals surface area (Å²) in [6.07, 6.45) is 6.55. The van der Waals surface area contributed by atoms with Gasteiger partial charge in [-0.05, 0) is 75.4 Å². The monoisotopic (exact) mass is 649 g/mol. The molecular weight excluding hydrogens is 606 g/mol. The molecule has 0 bridgehead atoms. The second kappa shape index (κ2) is 15.0. The van der Waals surface area contributed by atoms with Crippen LogP contribution in [0.25, 0.3) is 22.3 Å². The first kappa shape index (κ1) is 33.3. The van der Waals surface area contributed by atoms with Crippen LogP contribution in [0.2, 0.25) is 0 Å². The fraction of sp³-hybridized carbons (Fsp3) is 0.455. The number of hydrogen-bond acceptors (Lipinski definition) is 9. The quantitative estimate of drug-likeness (QED) is 0.164. The molecule has 1 amide bonds. The summed E-state index contributed by atoms with van der Waals surface area (Å²) >= 11 is 0. The van der Waals surface area contributed by atoms with Crippen molar-refractivity contribution in [3.8, 4) is 11.3 Å². The Kier molecular flexibility index (Phi) is 10.9. The van der Waals surface area contributed by atoms with Crippen LogP contribution >= 0.6 is 0 Å². The Labute approximate surface area is 270 Å². The van der Waals surface area contributed by atoms with Crippen molar-refractivity contribution >= 4 is 38.6 Å². The lowest BCUT2D eigenvalue weighted by molar-refractivity contribution is 0.0922. The van der Waals surface area contributed by atoms with E-state index in [0.29, 0.717) is 61.1 Å². The molecule has 46 heavy (non-hydrogen) atoms. The molecule has 0 saturated heterocycles. The van der Waals surface area contributed by atoms with Crippen LogP contribution < -0.4 is 14.9 Å². The number of hydrogen-bond donors (Lipinski definition) is 3. The van der Waals surface area contributed by atoms with E-state index in [9.17, 15) is 18.3 Å². The summed E-state index contributed by atoms with van der Waals surface area (Å²) in [6, 6.07) is 13.2. The number of aromatic nitrogens is 4. The van der Waals surface area contributed by atoms with E-state index in [1.54, 1.807) is 54.7 Å². The molecule has 3 N–H and O–H groups in total. The second-order valence-corrected chi connectivity index (χ2v) is 13.4. The molecule has 2 aromatic heterocycles. The van der Waals surface area contributed by atoms with E-state index < -0.39 is 10.0 Å². The zero-order chi connectivity index (χ0) is 32.7. The molecule has 0 spiro atoms. The van der Waals surface area contributed by atoms with Crippen LogP contribution in [0.3, 0.4) is 0 Å². The third-order valence-corrected chi connectivity index (χ3v) is 10.1. The lowest BCUT2D eigenvalue weighted by Gasteiger charge is -2.25. The minimum absolute atomic E-state index is 0.0962. The number of carbonyl (C=O) groups is 1. The number of aliphatic hydroxyl groups excluding tert-OH is 1. The topological polar surface area (TPSA) is 152 Å². The van der Waals surface area contributed by atoms with Gasteiger partial charge in [0.15, 0.2) is 5.65 Å². The number of nitrogens with zero attached hydrogens (tertiary/aromatic N) is 5. The van der Waals surface area contributed by atoms with Gasteiger partial charge in [-0.15, -0.1) is 0 Å². The number of sulfonamides is 1. The molecule has 2 heterocycles. The molecule has 1 saturated carbocycles. The van der Waals surface area contributed by atoms with E-state index in [1.807, 2.05) is 11.6 Å². The molecule has 1 aliphatic carbocycles. The lowest BCUT2D eigenvalue weighted by atomic mass is 9.93. The lowest BCUT2D eigenvalue weighted by Crippen LogP contribution is -2.28. The van der Waals surface area contributed by atoms with Crippen LogP contribution in [0.1, 0.15) is 68.8 Å². The smallest absolute Gasteiger partial charge is 0.264 e. The molecule has 246 valence electrons. The maximum Gasteiger partial charge on any atom is 0.264 e. The predicted octanol–water partition coefficient (Wildman–Crippen LogP) is 4.77. The van der Waals surface area contributed by atoms with Crippen molar-refractivity contribution in [3.63, 3.8) is 0 Å². The average Bonchev–Trinajstić information content (AvgIpc) is 3.45. The third-order valence-electron chi connectivity index (χ3n) is 8.29. The highest BCUT2D eigenvalue weighted by atomic mass is 32.2. The van der Waals surface area contributed by atoms with Gasteiger partial charge in [-0.3, -0.25) is 9.10 Å². The number of unbranched alkanes of at least 4 members (excludes halogenated alkanes) is 1. The van der Waals surface area contributed by atoms with Gasteiger partial charge >= 0.3 is 0 Å². The third kappa shape index (κ3) is 7.48. The fourth-order valence-corrected chi connectivity index (χ4v) is 6.74. The van der Waals surface area contributed by atoms with Gasteiger partial charge in [-0.2, -0.15) is 10.1 Å². The van der Waals surface area contributed by atoms with E-state index in [4.69, 9.17) is 14.8 Å². The highest BCUT2D eigenvalue weighted by molar-refractivity contribution is 7.92. The maximum absolute atomic E-state index is 13.6. The molecule has 0 aliphatic heterocycles. The molecule has 0 radical (unpaired) electrons. The van der Waals surface area contributed by atoms with Crippen LogP contribution in [0.4, 0.5) is 11.6 Å². The molecule has 1 fully saturated rings. The summed E-state index contributed by atoms with van der Waals surface area (Å²) in [5, 5.41) is 21.9. The number of amides is 1. The maximum atomic E-state index is 13.6. The van der Waals surface area contributed by atoms with Crippen LogP contribution in [0.15, 0.2) is 59.6 Å². The van der Waals surface area contributed by atoms with E-state index in [2.05, 4.69) is 22.5 Å². The molecule has 5 rings (SSSR count). The Hall–Kier alpha value is -4.07. The first-order valence-electron chi connectivity index (χ1n) is 16.0. The van der Waals surface area contributed by atoms with Crippen molar-refractivity contribution in [3.05, 3.63) is 60.3 Å². The molecule has 1 aliphatic rings. The van der Waals surface area contributed by atoms with Crippen molar-refractivity contribution in [1.29, 1.82) is 0 Å². The minimum atomic E-state index is -3.89. The van der Waals surface area contributed by atoms with E-state index in [0.717, 1.165) is 43.2 Å². The first-order valence-corrected chi connectivity index (χ1v) is 17.4. The van der Waals surface area contributed by atoms with Crippen molar-refractivity contribution < 1.29 is 23.1 Å². The molecule has 13 heteroatoms. The van der Waals surface area contributed by atoms with E-state index in [-0.39, 0.29) is 22.9 Å². The fourth-order valence-electron chi connectivity index (χ4n) is 5.54. The molecule has 2 aromatic carbocycles. The molecule has 4 aromatic rings. The van der Waals surface area contributed by atoms with Gasteiger partial charge in [-0.25, -0.2) is 18.1 Å². The highest BCUT2D eigenvalue weighted by Crippen LogP contribution is 2.35. The standard InChI is InChI=1S/C33H43N7O5S/c1-4-6-19-35-33-36-22-29-30(38-40(31(29)37-33)26-13-15-27(41)16-14-26)23-9-17-28(18-10-23)46(43,44)39(3)25-11-7-24(8-12-25)32(42)34-20-21-45-5-2/h7-12,17-18,22,26-27,41H,4-6,13-16,19-21H2,1-3H3,(H,34,42)(H,35,36,37). The van der Waals surface area contributed by atoms with E-state index in [1.165, 1.54) is 11.4 Å². The summed E-state index contributed by atoms with van der Waals surface area (Å²) in [7, 11) is -2.40. The first-order chi connectivity index (χ1) is 22.2. The number of nitrogens with one attached hydrogen (secondary N) is 2. The van der Waals surface area contributed by atoms with Gasteiger partial charge in [-0.1, -0.05) is 25.5 Å². The Morgan fingerprint density at radius 2 is 1.76 bits per heavy atom. The van der Waals surface area contributed by atoms with Crippen LogP contribution in [0, 0.1) is 0 Å². The second-order valence-electron chi connectivity index (χ2n) is 11.5. The summed E-state index contributed by atoms with van der Waals surface area (Å²) in [6.45, 7) is 6.19. The summed E-state index contributed by atoms with van der Waals surface area (Å²) < 4.78 is 35.5. The van der Waals surface area contributed by atoms with Crippen molar-refractivity contribution in [2.75, 3.05) is 43.0 Å². The Morgan fingerprint density at radius 1 is 1.04 bits per heavy atom. The van der Waals surface area contributed by atoms with Crippen LogP contribution in [0.5, 0.6) is 0 Å². The summed E-state index contributed by atoms with van der Waals surface area (Å²) in [5.74, 6) is 0.294. The number of anilines is 2. The normalized spacial score (nSPS) is 16.8. The van der Waals surface area contributed by atoms with Gasteiger partial charge in [0, 0.05) is 44.1 Å². The average molecular weight is 650 g/mol. The minimum Gasteiger partial charge on any atom is -0.393 e. The largest absolute Gasteiger partial charge is 0.393 e. The summed E-state index contributed by atoms with van der Waals surface area (Å²) in [4.78, 5) is 21.9. The summed E-state index contributed by atoms with van der Waals surface area (Å²) in [5.41, 5.74) is 3.00. The molecule has 0 atom stereocenters. The number of carbonyl (C=O) groups excluding carboxylic acids is 1. The van der Waals surface area contributed by atoms with E-state index >= 15 is 0 Å². The van der Waals surface area contributed by atoms with Crippen molar-refractivity contribution in [1.82, 2.24) is 25.1 Å². The highest BCUT2D eigenvalue weighted by Gasteiger charge is 2.27. The zero-order valence-electron chi connectivity index (χ0n) is 26.6. The SMILES string of the molecule is CCCCNc1ncc2c(-c3ccc(S(=O)(=O)N(C)c4ccc(C(=O)NCCOCC)cc4)cc3)nn(C3CCC(O)CC3)c2n1. The van der Waals surface area contributed by atoms with Gasteiger partial charge in [0.1, 0.15) is 5.69 Å². The number of rotatable bonds is 14. The van der Waals surface area contributed by atoms with Gasteiger partial charge in [0.05, 0.1) is 34.7 Å². The Balaban J connectivity index is 1.37. The predicted molar refractivity (Wildman–Crippen MR) is 179 cm³/mol. The Bertz CT molecular complexity index is 1720. The van der Waals surface area contributed by atoms with Crippen LogP contribution in [-0.2, 0) is 14.8 Å². The Morgan fingerprint density at radius 3 is 2.43 bits per heavy atom. The molecule has 0 unspecified atom stereocenters. The zero-order valence-corrected chi connectivity index (χ0v) is 27.5. The number of fused-ring (bicyclic) bond motifs is 1. The molecule has 12 nitrogen and oxygen atoms in total. The molecular formula is C33H43N7O5S. The number of aliphatic hydroxyl groups is 1. The number of benzene rings is 2. The van der Waals surface area contributed by atoms with Gasteiger partial charge in [0.25, 0.3) is 15.9 Å².